The summed E-state index contributed by atoms with van der Waals surface area (Å²) in [7, 11) is 0. The molecule has 0 N–H and O–H groups in total. The van der Waals surface area contributed by atoms with Crippen molar-refractivity contribution in [3.05, 3.63) is 52.1 Å². The molecule has 3 heteroatoms. The van der Waals surface area contributed by atoms with Gasteiger partial charge in [0, 0.05) is 11.3 Å². The van der Waals surface area contributed by atoms with Gasteiger partial charge in [-0.3, -0.25) is 10.1 Å². The minimum atomic E-state index is -0.263. The third-order valence-corrected chi connectivity index (χ3v) is 2.07. The van der Waals surface area contributed by atoms with Gasteiger partial charge in [-0.1, -0.05) is 42.5 Å². The van der Waals surface area contributed by atoms with Gasteiger partial charge in [0.1, 0.15) is 0 Å². The van der Waals surface area contributed by atoms with Crippen molar-refractivity contribution in [2.75, 3.05) is 6.54 Å². The van der Waals surface area contributed by atoms with Crippen LogP contribution in [-0.2, 0) is 0 Å². The molecule has 0 aliphatic carbocycles. The molecule has 0 saturated heterocycles. The van der Waals surface area contributed by atoms with Crippen LogP contribution in [0.1, 0.15) is 24.8 Å². The molecule has 3 nitrogen and oxygen atoms in total. The fraction of sp³-hybridized carbons (Fsp3) is 0.333. The number of hydrogen-bond donors (Lipinski definition) is 0. The van der Waals surface area contributed by atoms with E-state index in [0.29, 0.717) is 6.42 Å². The predicted molar refractivity (Wildman–Crippen MR) is 61.2 cm³/mol. The quantitative estimate of drug-likeness (QED) is 0.406. The second-order valence-corrected chi connectivity index (χ2v) is 3.37. The van der Waals surface area contributed by atoms with Crippen LogP contribution in [-0.4, -0.2) is 11.5 Å². The molecule has 1 rings (SSSR count). The lowest BCUT2D eigenvalue weighted by atomic mass is 10.1. The van der Waals surface area contributed by atoms with Crippen LogP contribution in [0.15, 0.2) is 36.4 Å². The van der Waals surface area contributed by atoms with Gasteiger partial charge in [0.05, 0.1) is 0 Å². The van der Waals surface area contributed by atoms with Gasteiger partial charge in [-0.05, 0) is 18.4 Å². The summed E-state index contributed by atoms with van der Waals surface area (Å²) in [6.07, 6.45) is 6.56. The molecule has 0 radical (unpaired) electrons. The second kappa shape index (κ2) is 6.76. The van der Waals surface area contributed by atoms with Gasteiger partial charge in [0.15, 0.2) is 0 Å². The summed E-state index contributed by atoms with van der Waals surface area (Å²) in [4.78, 5) is 9.78. The largest absolute Gasteiger partial charge is 0.265 e. The summed E-state index contributed by atoms with van der Waals surface area (Å²) in [6, 6.07) is 10.0. The second-order valence-electron chi connectivity index (χ2n) is 3.37. The minimum absolute atomic E-state index is 0.0825. The van der Waals surface area contributed by atoms with E-state index < -0.39 is 0 Å². The summed E-state index contributed by atoms with van der Waals surface area (Å²) < 4.78 is 0. The summed E-state index contributed by atoms with van der Waals surface area (Å²) in [5.41, 5.74) is 1.17. The zero-order valence-corrected chi connectivity index (χ0v) is 8.63. The third kappa shape index (κ3) is 5.62. The van der Waals surface area contributed by atoms with E-state index in [0.717, 1.165) is 12.8 Å². The minimum Gasteiger partial charge on any atom is -0.265 e. The number of unbranched alkanes of at least 4 members (excludes halogenated alkanes) is 2. The highest BCUT2D eigenvalue weighted by atomic mass is 16.6. The number of nitro groups is 1. The molecule has 80 valence electrons. The highest BCUT2D eigenvalue weighted by Crippen LogP contribution is 2.04. The van der Waals surface area contributed by atoms with E-state index in [4.69, 9.17) is 0 Å². The molecule has 0 aliphatic rings. The van der Waals surface area contributed by atoms with Crippen molar-refractivity contribution in [1.29, 1.82) is 0 Å². The van der Waals surface area contributed by atoms with Gasteiger partial charge in [-0.25, -0.2) is 0 Å². The molecule has 0 heterocycles. The van der Waals surface area contributed by atoms with E-state index in [2.05, 4.69) is 6.08 Å². The van der Waals surface area contributed by atoms with Gasteiger partial charge in [-0.15, -0.1) is 0 Å². The Balaban J connectivity index is 2.15. The molecule has 0 fully saturated rings. The van der Waals surface area contributed by atoms with Crippen molar-refractivity contribution < 1.29 is 4.92 Å². The van der Waals surface area contributed by atoms with Crippen LogP contribution in [0.25, 0.3) is 6.08 Å². The Labute approximate surface area is 89.6 Å². The average Bonchev–Trinajstić information content (AvgIpc) is 2.24. The van der Waals surface area contributed by atoms with Crippen LogP contribution in [0.5, 0.6) is 0 Å². The zero-order valence-electron chi connectivity index (χ0n) is 8.63. The van der Waals surface area contributed by atoms with Crippen molar-refractivity contribution in [2.45, 2.75) is 19.3 Å². The lowest BCUT2D eigenvalue weighted by molar-refractivity contribution is -0.480. The number of benzene rings is 1. The van der Waals surface area contributed by atoms with Gasteiger partial charge < -0.3 is 0 Å². The number of nitrogens with zero attached hydrogens (tertiary/aromatic N) is 1. The Bertz CT molecular complexity index is 320. The zero-order chi connectivity index (χ0) is 10.9. The fourth-order valence-corrected chi connectivity index (χ4v) is 1.29. The van der Waals surface area contributed by atoms with Gasteiger partial charge in [-0.2, -0.15) is 0 Å². The molecule has 15 heavy (non-hydrogen) atoms. The van der Waals surface area contributed by atoms with Crippen LogP contribution in [0, 0.1) is 10.1 Å². The van der Waals surface area contributed by atoms with E-state index in [1.807, 2.05) is 36.4 Å². The molecule has 0 spiro atoms. The lowest BCUT2D eigenvalue weighted by Crippen LogP contribution is -1.99. The lowest BCUT2D eigenvalue weighted by Gasteiger charge is -1.93. The molecule has 0 aromatic heterocycles. The molecule has 1 aromatic carbocycles. The monoisotopic (exact) mass is 205 g/mol. The molecular weight excluding hydrogens is 190 g/mol. The van der Waals surface area contributed by atoms with E-state index in [1.165, 1.54) is 5.56 Å². The molecule has 0 unspecified atom stereocenters. The average molecular weight is 205 g/mol. The van der Waals surface area contributed by atoms with E-state index in [-0.39, 0.29) is 11.5 Å². The van der Waals surface area contributed by atoms with Gasteiger partial charge in [0.2, 0.25) is 6.54 Å². The normalized spacial score (nSPS) is 10.7. The highest BCUT2D eigenvalue weighted by Gasteiger charge is 1.94. The van der Waals surface area contributed by atoms with Crippen LogP contribution in [0.3, 0.4) is 0 Å². The van der Waals surface area contributed by atoms with Crippen molar-refractivity contribution in [2.24, 2.45) is 0 Å². The summed E-state index contributed by atoms with van der Waals surface area (Å²) >= 11 is 0. The Morgan fingerprint density at radius 1 is 1.20 bits per heavy atom. The van der Waals surface area contributed by atoms with Crippen LogP contribution < -0.4 is 0 Å². The van der Waals surface area contributed by atoms with E-state index in [9.17, 15) is 10.1 Å². The van der Waals surface area contributed by atoms with Gasteiger partial charge >= 0.3 is 0 Å². The summed E-state index contributed by atoms with van der Waals surface area (Å²) in [6.45, 7) is 0.0825. The van der Waals surface area contributed by atoms with E-state index in [1.54, 1.807) is 0 Å². The maximum atomic E-state index is 10.0. The highest BCUT2D eigenvalue weighted by molar-refractivity contribution is 5.48. The molecule has 0 atom stereocenters. The van der Waals surface area contributed by atoms with Crippen LogP contribution in [0.2, 0.25) is 0 Å². The maximum absolute atomic E-state index is 10.0. The predicted octanol–water partition coefficient (Wildman–Crippen LogP) is 3.15. The first-order chi connectivity index (χ1) is 7.29. The molecular formula is C12H15NO2. The summed E-state index contributed by atoms with van der Waals surface area (Å²) in [5.74, 6) is 0. The fourth-order valence-electron chi connectivity index (χ4n) is 1.29. The Morgan fingerprint density at radius 2 is 1.93 bits per heavy atom. The standard InChI is InChI=1S/C12H15NO2/c14-13(15)11-7-2-1-4-8-12-9-5-3-6-10-12/h3-6,8-10H,1-2,7,11H2/b8-4+. The number of hydrogen-bond acceptors (Lipinski definition) is 2. The Hall–Kier alpha value is -1.64. The SMILES string of the molecule is O=[N+]([O-])CCCC/C=C/c1ccccc1. The molecule has 0 saturated carbocycles. The van der Waals surface area contributed by atoms with Crippen molar-refractivity contribution in [3.8, 4) is 0 Å². The summed E-state index contributed by atoms with van der Waals surface area (Å²) in [5, 5.41) is 10.0. The number of rotatable bonds is 6. The topological polar surface area (TPSA) is 43.1 Å². The Kier molecular flexibility index (Phi) is 5.15. The molecule has 1 aromatic rings. The first-order valence-corrected chi connectivity index (χ1v) is 5.12. The molecule has 0 aliphatic heterocycles. The van der Waals surface area contributed by atoms with Crippen molar-refractivity contribution in [1.82, 2.24) is 0 Å². The molecule has 0 bridgehead atoms. The molecule has 0 amide bonds. The first kappa shape index (κ1) is 11.4. The number of allylic oxidation sites excluding steroid dienone is 1. The smallest absolute Gasteiger partial charge is 0.203 e. The van der Waals surface area contributed by atoms with Crippen molar-refractivity contribution in [3.63, 3.8) is 0 Å². The van der Waals surface area contributed by atoms with Gasteiger partial charge in [0.25, 0.3) is 0 Å². The van der Waals surface area contributed by atoms with E-state index >= 15 is 0 Å². The third-order valence-electron chi connectivity index (χ3n) is 2.07. The first-order valence-electron chi connectivity index (χ1n) is 5.12. The van der Waals surface area contributed by atoms with Crippen molar-refractivity contribution >= 4 is 6.08 Å². The van der Waals surface area contributed by atoms with Crippen LogP contribution in [0.4, 0.5) is 0 Å². The maximum Gasteiger partial charge on any atom is 0.203 e. The van der Waals surface area contributed by atoms with Crippen LogP contribution >= 0.6 is 0 Å². The Morgan fingerprint density at radius 3 is 2.60 bits per heavy atom.